The summed E-state index contributed by atoms with van der Waals surface area (Å²) in [6.45, 7) is 14.8. The van der Waals surface area contributed by atoms with E-state index in [4.69, 9.17) is 4.74 Å². The topological polar surface area (TPSA) is 87.7 Å². The van der Waals surface area contributed by atoms with Crippen LogP contribution >= 0.6 is 12.6 Å². The van der Waals surface area contributed by atoms with Crippen molar-refractivity contribution in [3.63, 3.8) is 0 Å². The number of carbonyl (C=O) groups is 3. The molecule has 2 N–H and O–H groups in total. The molecule has 7 nitrogen and oxygen atoms in total. The van der Waals surface area contributed by atoms with E-state index in [1.54, 1.807) is 20.8 Å². The zero-order valence-corrected chi connectivity index (χ0v) is 24.1. The molecule has 0 fully saturated rings. The van der Waals surface area contributed by atoms with Gasteiger partial charge in [-0.05, 0) is 77.6 Å². The molecule has 3 amide bonds. The largest absolute Gasteiger partial charge is 0.444 e. The number of rotatable bonds is 8. The van der Waals surface area contributed by atoms with Gasteiger partial charge in [0.05, 0.1) is 0 Å². The number of benzene rings is 2. The molecule has 202 valence electrons. The molecular formula is C29H41N3O4S. The van der Waals surface area contributed by atoms with E-state index >= 15 is 0 Å². The molecular weight excluding hydrogens is 486 g/mol. The zero-order valence-electron chi connectivity index (χ0n) is 23.2. The summed E-state index contributed by atoms with van der Waals surface area (Å²) in [4.78, 5) is 41.9. The number of anilines is 1. The van der Waals surface area contributed by atoms with Crippen LogP contribution in [0.25, 0.3) is 0 Å². The van der Waals surface area contributed by atoms with Gasteiger partial charge in [0.1, 0.15) is 17.7 Å². The summed E-state index contributed by atoms with van der Waals surface area (Å²) >= 11 is 4.34. The van der Waals surface area contributed by atoms with Crippen LogP contribution in [0.2, 0.25) is 0 Å². The number of ether oxygens (including phenoxy) is 1. The van der Waals surface area contributed by atoms with E-state index in [-0.39, 0.29) is 11.7 Å². The van der Waals surface area contributed by atoms with Crippen LogP contribution < -0.4 is 10.6 Å². The molecule has 0 aromatic heterocycles. The lowest BCUT2D eigenvalue weighted by Gasteiger charge is -2.43. The summed E-state index contributed by atoms with van der Waals surface area (Å²) in [6, 6.07) is 13.2. The van der Waals surface area contributed by atoms with Crippen molar-refractivity contribution in [2.24, 2.45) is 0 Å². The first-order valence-corrected chi connectivity index (χ1v) is 13.2. The minimum Gasteiger partial charge on any atom is -0.444 e. The second-order valence-electron chi connectivity index (χ2n) is 11.1. The van der Waals surface area contributed by atoms with Crippen molar-refractivity contribution in [3.8, 4) is 0 Å². The van der Waals surface area contributed by atoms with Gasteiger partial charge in [-0.2, -0.15) is 12.6 Å². The lowest BCUT2D eigenvalue weighted by atomic mass is 9.94. The van der Waals surface area contributed by atoms with Crippen LogP contribution in [0.4, 0.5) is 10.5 Å². The van der Waals surface area contributed by atoms with Crippen LogP contribution in [0.5, 0.6) is 0 Å². The van der Waals surface area contributed by atoms with Gasteiger partial charge in [-0.3, -0.25) is 9.59 Å². The number of amides is 3. The third kappa shape index (κ3) is 8.52. The van der Waals surface area contributed by atoms with Gasteiger partial charge in [0.15, 0.2) is 0 Å². The molecule has 0 aliphatic rings. The van der Waals surface area contributed by atoms with Gasteiger partial charge in [-0.1, -0.05) is 49.4 Å². The van der Waals surface area contributed by atoms with E-state index in [1.165, 1.54) is 4.90 Å². The Hall–Kier alpha value is -3.00. The maximum atomic E-state index is 14.0. The van der Waals surface area contributed by atoms with Gasteiger partial charge < -0.3 is 20.3 Å². The number of thiol groups is 1. The van der Waals surface area contributed by atoms with Crippen molar-refractivity contribution in [3.05, 3.63) is 65.2 Å². The molecule has 2 aromatic rings. The average molecular weight is 528 g/mol. The van der Waals surface area contributed by atoms with Crippen LogP contribution in [0.1, 0.15) is 71.2 Å². The minimum absolute atomic E-state index is 0.0333. The maximum Gasteiger partial charge on any atom is 0.408 e. The Bertz CT molecular complexity index is 1090. The summed E-state index contributed by atoms with van der Waals surface area (Å²) in [5.41, 5.74) is 1.86. The first-order valence-electron chi connectivity index (χ1n) is 12.6. The van der Waals surface area contributed by atoms with Crippen molar-refractivity contribution >= 4 is 36.2 Å². The molecule has 0 aliphatic carbocycles. The molecule has 0 heterocycles. The highest BCUT2D eigenvalue weighted by Crippen LogP contribution is 2.32. The summed E-state index contributed by atoms with van der Waals surface area (Å²) in [5.74, 6) is -0.749. The van der Waals surface area contributed by atoms with Crippen LogP contribution in [0.15, 0.2) is 48.5 Å². The highest BCUT2D eigenvalue weighted by Gasteiger charge is 2.41. The smallest absolute Gasteiger partial charge is 0.408 e. The molecule has 2 aromatic carbocycles. The second-order valence-corrected chi connectivity index (χ2v) is 11.4. The third-order valence-electron chi connectivity index (χ3n) is 5.74. The number of carbonyl (C=O) groups excluding carboxylic acids is 3. The molecule has 0 radical (unpaired) electrons. The Morgan fingerprint density at radius 1 is 0.973 bits per heavy atom. The predicted molar refractivity (Wildman–Crippen MR) is 152 cm³/mol. The second kappa shape index (κ2) is 12.5. The zero-order chi connectivity index (χ0) is 28.0. The van der Waals surface area contributed by atoms with E-state index in [1.807, 2.05) is 76.2 Å². The fourth-order valence-electron chi connectivity index (χ4n) is 3.92. The Labute approximate surface area is 226 Å². The van der Waals surface area contributed by atoms with Gasteiger partial charge in [0.2, 0.25) is 5.91 Å². The number of para-hydroxylation sites is 1. The van der Waals surface area contributed by atoms with Crippen molar-refractivity contribution in [2.45, 2.75) is 85.0 Å². The first kappa shape index (κ1) is 30.2. The number of nitrogens with one attached hydrogen (secondary N) is 2. The van der Waals surface area contributed by atoms with E-state index in [2.05, 4.69) is 30.2 Å². The highest BCUT2D eigenvalue weighted by atomic mass is 32.1. The molecule has 0 saturated heterocycles. The molecule has 0 spiro atoms. The van der Waals surface area contributed by atoms with Crippen LogP contribution in [0.3, 0.4) is 0 Å². The molecule has 0 bridgehead atoms. The quantitative estimate of drug-likeness (QED) is 0.385. The molecule has 2 rings (SSSR count). The van der Waals surface area contributed by atoms with Gasteiger partial charge in [-0.15, -0.1) is 0 Å². The van der Waals surface area contributed by atoms with Crippen LogP contribution in [-0.4, -0.2) is 45.7 Å². The van der Waals surface area contributed by atoms with Gasteiger partial charge in [0.25, 0.3) is 5.91 Å². The van der Waals surface area contributed by atoms with Crippen molar-refractivity contribution in [1.29, 1.82) is 0 Å². The fourth-order valence-corrected chi connectivity index (χ4v) is 4.16. The number of hydrogen-bond acceptors (Lipinski definition) is 5. The van der Waals surface area contributed by atoms with Gasteiger partial charge in [-0.25, -0.2) is 4.79 Å². The van der Waals surface area contributed by atoms with Gasteiger partial charge >= 0.3 is 6.09 Å². The van der Waals surface area contributed by atoms with E-state index in [9.17, 15) is 14.4 Å². The highest BCUT2D eigenvalue weighted by molar-refractivity contribution is 7.80. The monoisotopic (exact) mass is 527 g/mol. The SMILES string of the molecule is CCc1ccc(C(C(=O)Nc2ccccc2C)N(C(=O)C(CS)NC(=O)OC(C)(C)C)C(C)(C)C)cc1. The van der Waals surface area contributed by atoms with E-state index in [0.29, 0.717) is 11.3 Å². The number of aryl methyl sites for hydroxylation is 2. The standard InChI is InChI=1S/C29H41N3O4S/c1-9-20-14-16-21(17-15-20)24(25(33)30-22-13-11-10-12-19(22)2)32(28(3,4)5)26(34)23(18-37)31-27(35)36-29(6,7)8/h10-17,23-24,37H,9,18H2,1-8H3,(H,30,33)(H,31,35). The molecule has 37 heavy (non-hydrogen) atoms. The Balaban J connectivity index is 2.54. The third-order valence-corrected chi connectivity index (χ3v) is 6.11. The summed E-state index contributed by atoms with van der Waals surface area (Å²) in [6.07, 6.45) is 0.131. The lowest BCUT2D eigenvalue weighted by molar-refractivity contribution is -0.146. The molecule has 8 heteroatoms. The van der Waals surface area contributed by atoms with Gasteiger partial charge in [0, 0.05) is 17.0 Å². The Kier molecular flexibility index (Phi) is 10.2. The molecule has 2 unspecified atom stereocenters. The molecule has 0 aliphatic heterocycles. The van der Waals surface area contributed by atoms with Crippen LogP contribution in [0, 0.1) is 6.92 Å². The maximum absolute atomic E-state index is 14.0. The molecule has 0 saturated carbocycles. The normalized spacial score (nSPS) is 13.3. The van der Waals surface area contributed by atoms with Crippen molar-refractivity contribution in [1.82, 2.24) is 10.2 Å². The van der Waals surface area contributed by atoms with E-state index in [0.717, 1.165) is 17.5 Å². The lowest BCUT2D eigenvalue weighted by Crippen LogP contribution is -2.58. The Morgan fingerprint density at radius 3 is 2.05 bits per heavy atom. The number of nitrogens with zero attached hydrogens (tertiary/aromatic N) is 1. The summed E-state index contributed by atoms with van der Waals surface area (Å²) in [7, 11) is 0. The van der Waals surface area contributed by atoms with Crippen molar-refractivity contribution in [2.75, 3.05) is 11.1 Å². The minimum atomic E-state index is -0.999. The van der Waals surface area contributed by atoms with Crippen molar-refractivity contribution < 1.29 is 19.1 Å². The summed E-state index contributed by atoms with van der Waals surface area (Å²) < 4.78 is 5.36. The summed E-state index contributed by atoms with van der Waals surface area (Å²) in [5, 5.41) is 5.65. The Morgan fingerprint density at radius 2 is 1.57 bits per heavy atom. The van der Waals surface area contributed by atoms with E-state index < -0.39 is 35.2 Å². The average Bonchev–Trinajstić information content (AvgIpc) is 2.80. The first-order chi connectivity index (χ1) is 17.2. The fraction of sp³-hybridized carbons (Fsp3) is 0.483. The number of alkyl carbamates (subject to hydrolysis) is 1. The number of hydrogen-bond donors (Lipinski definition) is 3. The predicted octanol–water partition coefficient (Wildman–Crippen LogP) is 5.69. The molecule has 2 atom stereocenters. The van der Waals surface area contributed by atoms with Crippen LogP contribution in [-0.2, 0) is 20.7 Å².